The molecular weight excluding hydrogens is 241 g/mol. The Morgan fingerprint density at radius 3 is 2.71 bits per heavy atom. The Morgan fingerprint density at radius 1 is 1.50 bits per heavy atom. The molecule has 1 aromatic carbocycles. The number of halogens is 2. The second kappa shape index (κ2) is 4.82. The molecule has 1 atom stereocenters. The molecule has 2 nitrogen and oxygen atoms in total. The second-order valence-corrected chi connectivity index (χ2v) is 4.05. The van der Waals surface area contributed by atoms with Crippen molar-refractivity contribution in [2.45, 2.75) is 13.0 Å². The Labute approximate surface area is 97.9 Å². The van der Waals surface area contributed by atoms with Crippen LogP contribution in [0.5, 0.6) is 5.75 Å². The highest BCUT2D eigenvalue weighted by Crippen LogP contribution is 2.28. The average Bonchev–Trinajstić information content (AvgIpc) is 2.11. The van der Waals surface area contributed by atoms with Crippen LogP contribution in [-0.4, -0.2) is 11.1 Å². The molecule has 0 aliphatic carbocycles. The molecule has 0 saturated heterocycles. The maximum Gasteiger partial charge on any atom is 0.145 e. The average molecular weight is 250 g/mol. The summed E-state index contributed by atoms with van der Waals surface area (Å²) in [6.45, 7) is 1.75. The van der Waals surface area contributed by atoms with Gasteiger partial charge < -0.3 is 10.5 Å². The number of ether oxygens (including phenoxy) is 1. The molecule has 0 aliphatic rings. The summed E-state index contributed by atoms with van der Waals surface area (Å²) >= 11 is 16.4. The summed E-state index contributed by atoms with van der Waals surface area (Å²) in [7, 11) is 0. The highest BCUT2D eigenvalue weighted by Gasteiger charge is 2.09. The molecule has 1 rings (SSSR count). The molecule has 0 bridgehead atoms. The van der Waals surface area contributed by atoms with Gasteiger partial charge in [-0.1, -0.05) is 35.4 Å². The van der Waals surface area contributed by atoms with Crippen molar-refractivity contribution in [1.82, 2.24) is 0 Å². The summed E-state index contributed by atoms with van der Waals surface area (Å²) < 4.78 is 5.40. The van der Waals surface area contributed by atoms with E-state index in [4.69, 9.17) is 45.9 Å². The van der Waals surface area contributed by atoms with E-state index in [2.05, 4.69) is 0 Å². The standard InChI is InChI=1S/C9H9Cl2NOS/c1-5(9(12)14)13-8-4-6(10)2-3-7(8)11/h2-5H,1H3,(H2,12,14). The Bertz CT molecular complexity index is 357. The van der Waals surface area contributed by atoms with Crippen LogP contribution in [0.4, 0.5) is 0 Å². The second-order valence-electron chi connectivity index (χ2n) is 2.74. The smallest absolute Gasteiger partial charge is 0.145 e. The maximum absolute atomic E-state index is 5.88. The number of thiocarbonyl (C=S) groups is 1. The van der Waals surface area contributed by atoms with Gasteiger partial charge in [-0.3, -0.25) is 0 Å². The molecule has 0 radical (unpaired) electrons. The predicted octanol–water partition coefficient (Wildman–Crippen LogP) is 3.05. The molecular formula is C9H9Cl2NOS. The van der Waals surface area contributed by atoms with Gasteiger partial charge >= 0.3 is 0 Å². The van der Waals surface area contributed by atoms with Crippen LogP contribution in [-0.2, 0) is 0 Å². The zero-order chi connectivity index (χ0) is 10.7. The summed E-state index contributed by atoms with van der Waals surface area (Å²) in [4.78, 5) is 0.279. The van der Waals surface area contributed by atoms with Crippen molar-refractivity contribution < 1.29 is 4.74 Å². The van der Waals surface area contributed by atoms with Gasteiger partial charge in [0.15, 0.2) is 0 Å². The molecule has 76 valence electrons. The zero-order valence-electron chi connectivity index (χ0n) is 7.46. The molecule has 0 aromatic heterocycles. The Balaban J connectivity index is 2.85. The van der Waals surface area contributed by atoms with Crippen molar-refractivity contribution in [1.29, 1.82) is 0 Å². The summed E-state index contributed by atoms with van der Waals surface area (Å²) in [6.07, 6.45) is -0.360. The van der Waals surface area contributed by atoms with Gasteiger partial charge in [-0.2, -0.15) is 0 Å². The summed E-state index contributed by atoms with van der Waals surface area (Å²) in [5, 5.41) is 1.04. The van der Waals surface area contributed by atoms with E-state index in [0.29, 0.717) is 15.8 Å². The monoisotopic (exact) mass is 249 g/mol. The van der Waals surface area contributed by atoms with E-state index in [1.54, 1.807) is 25.1 Å². The Hall–Kier alpha value is -0.510. The van der Waals surface area contributed by atoms with Gasteiger partial charge in [-0.25, -0.2) is 0 Å². The van der Waals surface area contributed by atoms with Crippen molar-refractivity contribution >= 4 is 40.4 Å². The molecule has 0 heterocycles. The number of benzene rings is 1. The molecule has 2 N–H and O–H groups in total. The van der Waals surface area contributed by atoms with Crippen molar-refractivity contribution in [3.63, 3.8) is 0 Å². The first-order valence-electron chi connectivity index (χ1n) is 3.91. The first-order chi connectivity index (χ1) is 6.50. The largest absolute Gasteiger partial charge is 0.482 e. The van der Waals surface area contributed by atoms with Crippen molar-refractivity contribution in [2.24, 2.45) is 5.73 Å². The van der Waals surface area contributed by atoms with Crippen molar-refractivity contribution in [2.75, 3.05) is 0 Å². The van der Waals surface area contributed by atoms with Crippen LogP contribution in [0, 0.1) is 0 Å². The fraction of sp³-hybridized carbons (Fsp3) is 0.222. The van der Waals surface area contributed by atoms with Crippen LogP contribution < -0.4 is 10.5 Å². The number of hydrogen-bond donors (Lipinski definition) is 1. The molecule has 0 fully saturated rings. The molecule has 5 heteroatoms. The van der Waals surface area contributed by atoms with E-state index < -0.39 is 0 Å². The topological polar surface area (TPSA) is 35.2 Å². The molecule has 1 unspecified atom stereocenters. The quantitative estimate of drug-likeness (QED) is 0.837. The summed E-state index contributed by atoms with van der Waals surface area (Å²) in [5.74, 6) is 0.486. The predicted molar refractivity (Wildman–Crippen MR) is 63.3 cm³/mol. The Kier molecular flexibility index (Phi) is 3.98. The minimum absolute atomic E-state index is 0.279. The fourth-order valence-electron chi connectivity index (χ4n) is 0.816. The Morgan fingerprint density at radius 2 is 2.14 bits per heavy atom. The minimum atomic E-state index is -0.360. The molecule has 0 aliphatic heterocycles. The van der Waals surface area contributed by atoms with Gasteiger partial charge in [0, 0.05) is 11.1 Å². The SMILES string of the molecule is CC(Oc1cc(Cl)ccc1Cl)C(N)=S. The van der Waals surface area contributed by atoms with Gasteiger partial charge in [0.1, 0.15) is 16.8 Å². The highest BCUT2D eigenvalue weighted by atomic mass is 35.5. The number of rotatable bonds is 3. The van der Waals surface area contributed by atoms with Crippen LogP contribution in [0.3, 0.4) is 0 Å². The highest BCUT2D eigenvalue weighted by molar-refractivity contribution is 7.80. The van der Waals surface area contributed by atoms with E-state index in [9.17, 15) is 0 Å². The fourth-order valence-corrected chi connectivity index (χ4v) is 1.19. The van der Waals surface area contributed by atoms with E-state index in [-0.39, 0.29) is 11.1 Å². The summed E-state index contributed by atoms with van der Waals surface area (Å²) in [5.41, 5.74) is 5.40. The minimum Gasteiger partial charge on any atom is -0.482 e. The molecule has 0 amide bonds. The van der Waals surface area contributed by atoms with Gasteiger partial charge in [0.05, 0.1) is 5.02 Å². The van der Waals surface area contributed by atoms with E-state index >= 15 is 0 Å². The first-order valence-corrected chi connectivity index (χ1v) is 5.08. The van der Waals surface area contributed by atoms with E-state index in [1.165, 1.54) is 0 Å². The number of nitrogens with two attached hydrogens (primary N) is 1. The summed E-state index contributed by atoms with van der Waals surface area (Å²) in [6, 6.07) is 4.96. The molecule has 1 aromatic rings. The third-order valence-electron chi connectivity index (χ3n) is 1.60. The van der Waals surface area contributed by atoms with Crippen molar-refractivity contribution in [3.8, 4) is 5.75 Å². The lowest BCUT2D eigenvalue weighted by Crippen LogP contribution is -2.28. The molecule has 14 heavy (non-hydrogen) atoms. The third-order valence-corrected chi connectivity index (χ3v) is 2.48. The van der Waals surface area contributed by atoms with Gasteiger partial charge in [-0.15, -0.1) is 0 Å². The van der Waals surface area contributed by atoms with E-state index in [1.807, 2.05) is 0 Å². The normalized spacial score (nSPS) is 12.2. The number of hydrogen-bond acceptors (Lipinski definition) is 2. The van der Waals surface area contributed by atoms with Crippen LogP contribution in [0.25, 0.3) is 0 Å². The molecule has 0 saturated carbocycles. The van der Waals surface area contributed by atoms with Crippen molar-refractivity contribution in [3.05, 3.63) is 28.2 Å². The maximum atomic E-state index is 5.88. The van der Waals surface area contributed by atoms with Gasteiger partial charge in [0.2, 0.25) is 0 Å². The van der Waals surface area contributed by atoms with Gasteiger partial charge in [-0.05, 0) is 19.1 Å². The van der Waals surface area contributed by atoms with Crippen LogP contribution >= 0.6 is 35.4 Å². The van der Waals surface area contributed by atoms with Gasteiger partial charge in [0.25, 0.3) is 0 Å². The third kappa shape index (κ3) is 3.01. The lowest BCUT2D eigenvalue weighted by Gasteiger charge is -2.14. The van der Waals surface area contributed by atoms with Crippen LogP contribution in [0.2, 0.25) is 10.0 Å². The van der Waals surface area contributed by atoms with E-state index in [0.717, 1.165) is 0 Å². The molecule has 0 spiro atoms. The first kappa shape index (κ1) is 11.6. The van der Waals surface area contributed by atoms with Crippen LogP contribution in [0.1, 0.15) is 6.92 Å². The van der Waals surface area contributed by atoms with Crippen LogP contribution in [0.15, 0.2) is 18.2 Å². The zero-order valence-corrected chi connectivity index (χ0v) is 9.79. The lowest BCUT2D eigenvalue weighted by molar-refractivity contribution is 0.288. The lowest BCUT2D eigenvalue weighted by atomic mass is 10.3.